The number of ether oxygens (including phenoxy) is 1. The van der Waals surface area contributed by atoms with Gasteiger partial charge in [0.25, 0.3) is 0 Å². The number of rotatable bonds is 6. The molecule has 0 bridgehead atoms. The van der Waals surface area contributed by atoms with Crippen LogP contribution in [0.25, 0.3) is 22.3 Å². The summed E-state index contributed by atoms with van der Waals surface area (Å²) >= 11 is 0. The standard InChI is InChI=1S/C24H22N4O/c1-3-29-22-13-21(16-26-24(22)28-23-11-7-8-17(2)27-23)20-12-19(14-25-15-20)18-9-5-4-6-10-18/h4-16H,3H2,1-2H3,(H,26,27,28). The molecule has 1 aromatic carbocycles. The van der Waals surface area contributed by atoms with Gasteiger partial charge in [-0.3, -0.25) is 4.98 Å². The summed E-state index contributed by atoms with van der Waals surface area (Å²) in [5.41, 5.74) is 5.06. The maximum absolute atomic E-state index is 5.84. The summed E-state index contributed by atoms with van der Waals surface area (Å²) in [7, 11) is 0. The van der Waals surface area contributed by atoms with E-state index in [1.54, 1.807) is 0 Å². The fourth-order valence-electron chi connectivity index (χ4n) is 3.08. The van der Waals surface area contributed by atoms with E-state index >= 15 is 0 Å². The van der Waals surface area contributed by atoms with Crippen molar-refractivity contribution < 1.29 is 4.74 Å². The van der Waals surface area contributed by atoms with Crippen LogP contribution in [0, 0.1) is 6.92 Å². The maximum Gasteiger partial charge on any atom is 0.174 e. The zero-order valence-electron chi connectivity index (χ0n) is 16.5. The number of hydrogen-bond donors (Lipinski definition) is 1. The number of aryl methyl sites for hydroxylation is 1. The van der Waals surface area contributed by atoms with Crippen LogP contribution >= 0.6 is 0 Å². The van der Waals surface area contributed by atoms with Gasteiger partial charge in [0.2, 0.25) is 0 Å². The van der Waals surface area contributed by atoms with E-state index < -0.39 is 0 Å². The van der Waals surface area contributed by atoms with Gasteiger partial charge in [-0.1, -0.05) is 36.4 Å². The molecule has 0 atom stereocenters. The summed E-state index contributed by atoms with van der Waals surface area (Å²) in [6.45, 7) is 4.46. The van der Waals surface area contributed by atoms with Crippen molar-refractivity contribution >= 4 is 11.6 Å². The largest absolute Gasteiger partial charge is 0.490 e. The molecule has 5 nitrogen and oxygen atoms in total. The molecule has 144 valence electrons. The number of nitrogens with zero attached hydrogens (tertiary/aromatic N) is 3. The lowest BCUT2D eigenvalue weighted by Gasteiger charge is -2.13. The maximum atomic E-state index is 5.84. The molecule has 0 radical (unpaired) electrons. The predicted octanol–water partition coefficient (Wildman–Crippen LogP) is 5.66. The van der Waals surface area contributed by atoms with Gasteiger partial charge in [-0.2, -0.15) is 0 Å². The van der Waals surface area contributed by atoms with Crippen molar-refractivity contribution in [1.82, 2.24) is 15.0 Å². The van der Waals surface area contributed by atoms with E-state index in [1.807, 2.05) is 74.9 Å². The second-order valence-corrected chi connectivity index (χ2v) is 6.62. The predicted molar refractivity (Wildman–Crippen MR) is 116 cm³/mol. The molecular formula is C24H22N4O. The first-order valence-electron chi connectivity index (χ1n) is 9.57. The molecular weight excluding hydrogens is 360 g/mol. The Morgan fingerprint density at radius 3 is 2.34 bits per heavy atom. The molecule has 0 spiro atoms. The van der Waals surface area contributed by atoms with Gasteiger partial charge in [0.1, 0.15) is 5.82 Å². The van der Waals surface area contributed by atoms with E-state index in [0.29, 0.717) is 18.2 Å². The average molecular weight is 382 g/mol. The third-order valence-electron chi connectivity index (χ3n) is 4.47. The fourth-order valence-corrected chi connectivity index (χ4v) is 3.08. The monoisotopic (exact) mass is 382 g/mol. The summed E-state index contributed by atoms with van der Waals surface area (Å²) in [4.78, 5) is 13.5. The highest BCUT2D eigenvalue weighted by atomic mass is 16.5. The van der Waals surface area contributed by atoms with Crippen molar-refractivity contribution in [2.45, 2.75) is 13.8 Å². The van der Waals surface area contributed by atoms with Crippen LogP contribution < -0.4 is 10.1 Å². The molecule has 29 heavy (non-hydrogen) atoms. The zero-order valence-corrected chi connectivity index (χ0v) is 16.5. The van der Waals surface area contributed by atoms with Crippen molar-refractivity contribution in [3.05, 3.63) is 84.9 Å². The summed E-state index contributed by atoms with van der Waals surface area (Å²) in [5.74, 6) is 2.05. The smallest absolute Gasteiger partial charge is 0.174 e. The molecule has 4 rings (SSSR count). The minimum absolute atomic E-state index is 0.545. The highest BCUT2D eigenvalue weighted by Gasteiger charge is 2.10. The Morgan fingerprint density at radius 2 is 1.59 bits per heavy atom. The van der Waals surface area contributed by atoms with E-state index in [1.165, 1.54) is 0 Å². The fraction of sp³-hybridized carbons (Fsp3) is 0.125. The van der Waals surface area contributed by atoms with Gasteiger partial charge in [0.15, 0.2) is 11.6 Å². The van der Waals surface area contributed by atoms with Gasteiger partial charge in [-0.05, 0) is 43.7 Å². The lowest BCUT2D eigenvalue weighted by molar-refractivity contribution is 0.341. The van der Waals surface area contributed by atoms with E-state index in [0.717, 1.165) is 33.8 Å². The number of hydrogen-bond acceptors (Lipinski definition) is 5. The summed E-state index contributed by atoms with van der Waals surface area (Å²) in [6, 6.07) is 20.1. The van der Waals surface area contributed by atoms with Crippen LogP contribution in [0.5, 0.6) is 5.75 Å². The van der Waals surface area contributed by atoms with Gasteiger partial charge >= 0.3 is 0 Å². The lowest BCUT2D eigenvalue weighted by Crippen LogP contribution is -2.02. The van der Waals surface area contributed by atoms with Gasteiger partial charge < -0.3 is 10.1 Å². The molecule has 0 aliphatic heterocycles. The normalized spacial score (nSPS) is 10.6. The van der Waals surface area contributed by atoms with Crippen molar-refractivity contribution in [1.29, 1.82) is 0 Å². The lowest BCUT2D eigenvalue weighted by atomic mass is 10.0. The second-order valence-electron chi connectivity index (χ2n) is 6.62. The Hall–Kier alpha value is -3.73. The Kier molecular flexibility index (Phi) is 5.47. The minimum Gasteiger partial charge on any atom is -0.490 e. The van der Waals surface area contributed by atoms with Gasteiger partial charge in [0.05, 0.1) is 6.61 Å². The van der Waals surface area contributed by atoms with Crippen LogP contribution in [-0.4, -0.2) is 21.6 Å². The van der Waals surface area contributed by atoms with Crippen molar-refractivity contribution in [2.75, 3.05) is 11.9 Å². The SMILES string of the molecule is CCOc1cc(-c2cncc(-c3ccccc3)c2)cnc1Nc1cccc(C)n1. The second kappa shape index (κ2) is 8.52. The highest BCUT2D eigenvalue weighted by molar-refractivity contribution is 5.74. The third-order valence-corrected chi connectivity index (χ3v) is 4.47. The van der Waals surface area contributed by atoms with Crippen LogP contribution in [0.1, 0.15) is 12.6 Å². The number of anilines is 2. The summed E-state index contributed by atoms with van der Waals surface area (Å²) < 4.78 is 5.84. The molecule has 3 aromatic heterocycles. The van der Waals surface area contributed by atoms with Gasteiger partial charge in [-0.25, -0.2) is 9.97 Å². The Bertz CT molecular complexity index is 1110. The molecule has 0 amide bonds. The molecule has 0 aliphatic rings. The first-order chi connectivity index (χ1) is 14.2. The summed E-state index contributed by atoms with van der Waals surface area (Å²) in [6.07, 6.45) is 5.54. The first-order valence-corrected chi connectivity index (χ1v) is 9.57. The number of benzene rings is 1. The summed E-state index contributed by atoms with van der Waals surface area (Å²) in [5, 5.41) is 3.25. The van der Waals surface area contributed by atoms with Gasteiger partial charge in [-0.15, -0.1) is 0 Å². The van der Waals surface area contributed by atoms with Crippen LogP contribution in [0.3, 0.4) is 0 Å². The first kappa shape index (κ1) is 18.6. The van der Waals surface area contributed by atoms with Crippen LogP contribution in [0.15, 0.2) is 79.3 Å². The van der Waals surface area contributed by atoms with Crippen molar-refractivity contribution in [2.24, 2.45) is 0 Å². The zero-order chi connectivity index (χ0) is 20.1. The highest BCUT2D eigenvalue weighted by Crippen LogP contribution is 2.31. The number of pyridine rings is 3. The van der Waals surface area contributed by atoms with Crippen LogP contribution in [0.2, 0.25) is 0 Å². The average Bonchev–Trinajstić information content (AvgIpc) is 2.76. The molecule has 0 aliphatic carbocycles. The number of nitrogens with one attached hydrogen (secondary N) is 1. The Labute approximate surface area is 170 Å². The van der Waals surface area contributed by atoms with E-state index in [9.17, 15) is 0 Å². The van der Waals surface area contributed by atoms with Crippen LogP contribution in [0.4, 0.5) is 11.6 Å². The molecule has 0 fully saturated rings. The van der Waals surface area contributed by atoms with E-state index in [2.05, 4.69) is 38.5 Å². The van der Waals surface area contributed by atoms with E-state index in [-0.39, 0.29) is 0 Å². The topological polar surface area (TPSA) is 59.9 Å². The quantitative estimate of drug-likeness (QED) is 0.466. The molecule has 0 unspecified atom stereocenters. The molecule has 3 heterocycles. The van der Waals surface area contributed by atoms with E-state index in [4.69, 9.17) is 4.74 Å². The molecule has 5 heteroatoms. The van der Waals surface area contributed by atoms with Crippen molar-refractivity contribution in [3.63, 3.8) is 0 Å². The Morgan fingerprint density at radius 1 is 0.828 bits per heavy atom. The third kappa shape index (κ3) is 4.41. The molecule has 0 saturated heterocycles. The van der Waals surface area contributed by atoms with Crippen LogP contribution in [-0.2, 0) is 0 Å². The van der Waals surface area contributed by atoms with Gasteiger partial charge in [0, 0.05) is 41.0 Å². The molecule has 4 aromatic rings. The molecule has 0 saturated carbocycles. The molecule has 1 N–H and O–H groups in total. The van der Waals surface area contributed by atoms with Crippen molar-refractivity contribution in [3.8, 4) is 28.0 Å². The number of aromatic nitrogens is 3. The Balaban J connectivity index is 1.68. The minimum atomic E-state index is 0.545.